The van der Waals surface area contributed by atoms with Gasteiger partial charge in [-0.25, -0.2) is 5.84 Å². The van der Waals surface area contributed by atoms with Gasteiger partial charge in [-0.3, -0.25) is 10.4 Å². The first kappa shape index (κ1) is 9.28. The molecule has 0 amide bonds. The first-order valence-electron chi connectivity index (χ1n) is 4.22. The maximum Gasteiger partial charge on any atom is 0.208 e. The van der Waals surface area contributed by atoms with Crippen molar-refractivity contribution >= 4 is 5.96 Å². The predicted molar refractivity (Wildman–Crippen MR) is 47.7 cm³/mol. The first-order chi connectivity index (χ1) is 5.88. The van der Waals surface area contributed by atoms with Crippen LogP contribution in [0.5, 0.6) is 0 Å². The number of hydrogen-bond acceptors (Lipinski definition) is 3. The van der Waals surface area contributed by atoms with Crippen LogP contribution in [-0.4, -0.2) is 43.7 Å². The molecule has 0 aliphatic carbocycles. The van der Waals surface area contributed by atoms with E-state index in [1.54, 1.807) is 0 Å². The number of nitrogens with one attached hydrogen (secondary N) is 1. The van der Waals surface area contributed by atoms with E-state index in [0.717, 1.165) is 38.8 Å². The molecule has 1 saturated heterocycles. The molecule has 12 heavy (non-hydrogen) atoms. The fourth-order valence-electron chi connectivity index (χ4n) is 1.16. The zero-order valence-electron chi connectivity index (χ0n) is 7.42. The summed E-state index contributed by atoms with van der Waals surface area (Å²) in [6, 6.07) is 0. The molecule has 5 nitrogen and oxygen atoms in total. The third kappa shape index (κ3) is 2.35. The highest BCUT2D eigenvalue weighted by Crippen LogP contribution is 1.96. The standard InChI is InChI=1S/C7H16N4O/c1-2-9-7(10-8)11-3-5-12-6-4-11/h2-6,8H2,1H3,(H,9,10). The van der Waals surface area contributed by atoms with Crippen molar-refractivity contribution in [2.75, 3.05) is 32.8 Å². The molecule has 1 fully saturated rings. The number of guanidine groups is 1. The topological polar surface area (TPSA) is 62.9 Å². The summed E-state index contributed by atoms with van der Waals surface area (Å²) in [6.45, 7) is 5.97. The molecule has 0 aromatic heterocycles. The lowest BCUT2D eigenvalue weighted by Crippen LogP contribution is -2.49. The first-order valence-corrected chi connectivity index (χ1v) is 4.22. The molecule has 0 radical (unpaired) electrons. The van der Waals surface area contributed by atoms with Crippen LogP contribution in [0, 0.1) is 0 Å². The van der Waals surface area contributed by atoms with Crippen LogP contribution in [0.1, 0.15) is 6.92 Å². The largest absolute Gasteiger partial charge is 0.378 e. The van der Waals surface area contributed by atoms with Crippen LogP contribution < -0.4 is 11.3 Å². The molecule has 70 valence electrons. The predicted octanol–water partition coefficient (Wildman–Crippen LogP) is -0.842. The highest BCUT2D eigenvalue weighted by molar-refractivity contribution is 5.79. The maximum atomic E-state index is 5.33. The minimum Gasteiger partial charge on any atom is -0.378 e. The van der Waals surface area contributed by atoms with E-state index in [9.17, 15) is 0 Å². The quantitative estimate of drug-likeness (QED) is 0.234. The molecule has 3 N–H and O–H groups in total. The SMILES string of the molecule is CCN=C(NN)N1CCOCC1. The molecule has 0 spiro atoms. The number of nitrogens with zero attached hydrogens (tertiary/aromatic N) is 2. The summed E-state index contributed by atoms with van der Waals surface area (Å²) in [4.78, 5) is 6.31. The fraction of sp³-hybridized carbons (Fsp3) is 0.857. The number of ether oxygens (including phenoxy) is 1. The molecule has 1 aliphatic heterocycles. The molecule has 0 bridgehead atoms. The molecular weight excluding hydrogens is 156 g/mol. The number of morpholine rings is 1. The number of aliphatic imine (C=N–C) groups is 1. The van der Waals surface area contributed by atoms with Gasteiger partial charge in [0.15, 0.2) is 0 Å². The summed E-state index contributed by atoms with van der Waals surface area (Å²) in [5.41, 5.74) is 2.59. The van der Waals surface area contributed by atoms with Crippen molar-refractivity contribution in [3.05, 3.63) is 0 Å². The molecule has 1 heterocycles. The van der Waals surface area contributed by atoms with Gasteiger partial charge in [0.25, 0.3) is 0 Å². The highest BCUT2D eigenvalue weighted by Gasteiger charge is 2.13. The Kier molecular flexibility index (Phi) is 3.83. The summed E-state index contributed by atoms with van der Waals surface area (Å²) in [5.74, 6) is 6.09. The third-order valence-electron chi connectivity index (χ3n) is 1.75. The summed E-state index contributed by atoms with van der Waals surface area (Å²) in [7, 11) is 0. The summed E-state index contributed by atoms with van der Waals surface area (Å²) in [5, 5.41) is 0. The van der Waals surface area contributed by atoms with Crippen molar-refractivity contribution in [2.45, 2.75) is 6.92 Å². The second kappa shape index (κ2) is 4.95. The van der Waals surface area contributed by atoms with Crippen molar-refractivity contribution in [2.24, 2.45) is 10.8 Å². The Balaban J connectivity index is 2.46. The molecule has 0 atom stereocenters. The van der Waals surface area contributed by atoms with Crippen LogP contribution in [0.3, 0.4) is 0 Å². The Hall–Kier alpha value is -0.810. The lowest BCUT2D eigenvalue weighted by atomic mass is 10.4. The van der Waals surface area contributed by atoms with Crippen molar-refractivity contribution < 1.29 is 4.74 Å². The van der Waals surface area contributed by atoms with Gasteiger partial charge in [-0.2, -0.15) is 0 Å². The zero-order valence-corrected chi connectivity index (χ0v) is 7.42. The normalized spacial score (nSPS) is 19.5. The monoisotopic (exact) mass is 172 g/mol. The Bertz CT molecular complexity index is 153. The second-order valence-corrected chi connectivity index (χ2v) is 2.54. The van der Waals surface area contributed by atoms with E-state index >= 15 is 0 Å². The van der Waals surface area contributed by atoms with E-state index in [-0.39, 0.29) is 0 Å². The minimum absolute atomic E-state index is 0.747. The molecule has 5 heteroatoms. The Morgan fingerprint density at radius 3 is 2.75 bits per heavy atom. The van der Waals surface area contributed by atoms with Gasteiger partial charge in [0.2, 0.25) is 5.96 Å². The lowest BCUT2D eigenvalue weighted by molar-refractivity contribution is 0.0664. The molecular formula is C7H16N4O. The molecule has 0 aromatic rings. The Labute approximate surface area is 72.6 Å². The van der Waals surface area contributed by atoms with E-state index in [1.807, 2.05) is 6.92 Å². The molecule has 0 unspecified atom stereocenters. The van der Waals surface area contributed by atoms with E-state index in [0.29, 0.717) is 0 Å². The van der Waals surface area contributed by atoms with E-state index in [4.69, 9.17) is 10.6 Å². The van der Waals surface area contributed by atoms with E-state index in [1.165, 1.54) is 0 Å². The van der Waals surface area contributed by atoms with Gasteiger partial charge in [-0.05, 0) is 6.92 Å². The van der Waals surface area contributed by atoms with E-state index in [2.05, 4.69) is 15.3 Å². The third-order valence-corrected chi connectivity index (χ3v) is 1.75. The second-order valence-electron chi connectivity index (χ2n) is 2.54. The van der Waals surface area contributed by atoms with Crippen LogP contribution >= 0.6 is 0 Å². The Morgan fingerprint density at radius 2 is 2.25 bits per heavy atom. The summed E-state index contributed by atoms with van der Waals surface area (Å²) < 4.78 is 5.21. The van der Waals surface area contributed by atoms with Crippen molar-refractivity contribution in [1.29, 1.82) is 0 Å². The number of hydrazine groups is 1. The van der Waals surface area contributed by atoms with Crippen LogP contribution in [0.4, 0.5) is 0 Å². The van der Waals surface area contributed by atoms with Gasteiger partial charge in [-0.15, -0.1) is 0 Å². The van der Waals surface area contributed by atoms with Crippen LogP contribution in [0.25, 0.3) is 0 Å². The number of rotatable bonds is 1. The van der Waals surface area contributed by atoms with Gasteiger partial charge >= 0.3 is 0 Å². The van der Waals surface area contributed by atoms with Crippen molar-refractivity contribution in [3.63, 3.8) is 0 Å². The smallest absolute Gasteiger partial charge is 0.208 e. The highest BCUT2D eigenvalue weighted by atomic mass is 16.5. The number of nitrogens with two attached hydrogens (primary N) is 1. The fourth-order valence-corrected chi connectivity index (χ4v) is 1.16. The van der Waals surface area contributed by atoms with Crippen LogP contribution in [0.2, 0.25) is 0 Å². The van der Waals surface area contributed by atoms with Gasteiger partial charge in [0, 0.05) is 19.6 Å². The minimum atomic E-state index is 0.747. The van der Waals surface area contributed by atoms with Gasteiger partial charge in [0.1, 0.15) is 0 Å². The molecule has 0 aromatic carbocycles. The van der Waals surface area contributed by atoms with Crippen LogP contribution in [-0.2, 0) is 4.74 Å². The van der Waals surface area contributed by atoms with Crippen molar-refractivity contribution in [3.8, 4) is 0 Å². The van der Waals surface area contributed by atoms with Crippen LogP contribution in [0.15, 0.2) is 4.99 Å². The molecule has 1 aliphatic rings. The molecule has 1 rings (SSSR count). The summed E-state index contributed by atoms with van der Waals surface area (Å²) >= 11 is 0. The zero-order chi connectivity index (χ0) is 8.81. The average Bonchev–Trinajstić information content (AvgIpc) is 2.15. The van der Waals surface area contributed by atoms with Crippen molar-refractivity contribution in [1.82, 2.24) is 10.3 Å². The number of hydrogen-bond donors (Lipinski definition) is 2. The molecule has 0 saturated carbocycles. The average molecular weight is 172 g/mol. The maximum absolute atomic E-state index is 5.33. The van der Waals surface area contributed by atoms with Gasteiger partial charge < -0.3 is 9.64 Å². The van der Waals surface area contributed by atoms with E-state index < -0.39 is 0 Å². The van der Waals surface area contributed by atoms with Gasteiger partial charge in [-0.1, -0.05) is 0 Å². The summed E-state index contributed by atoms with van der Waals surface area (Å²) in [6.07, 6.45) is 0. The Morgan fingerprint density at radius 1 is 1.58 bits per heavy atom. The van der Waals surface area contributed by atoms with Gasteiger partial charge in [0.05, 0.1) is 13.2 Å². The lowest BCUT2D eigenvalue weighted by Gasteiger charge is -2.28.